The Labute approximate surface area is 151 Å². The number of aryl methyl sites for hydroxylation is 2. The van der Waals surface area contributed by atoms with Gasteiger partial charge < -0.3 is 10.6 Å². The lowest BCUT2D eigenvalue weighted by molar-refractivity contribution is -0.114. The lowest BCUT2D eigenvalue weighted by atomic mass is 10.2. The van der Waals surface area contributed by atoms with Crippen molar-refractivity contribution in [2.24, 2.45) is 0 Å². The molecule has 126 valence electrons. The van der Waals surface area contributed by atoms with Crippen LogP contribution in [0.25, 0.3) is 0 Å². The molecule has 2 rings (SSSR count). The number of thioether (sulfide) groups is 1. The summed E-state index contributed by atoms with van der Waals surface area (Å²) < 4.78 is 0. The van der Waals surface area contributed by atoms with Crippen LogP contribution < -0.4 is 10.6 Å². The molecule has 6 heteroatoms. The summed E-state index contributed by atoms with van der Waals surface area (Å²) in [6, 6.07) is 12.9. The van der Waals surface area contributed by atoms with Gasteiger partial charge in [0.15, 0.2) is 0 Å². The van der Waals surface area contributed by atoms with Gasteiger partial charge in [0.25, 0.3) is 0 Å². The highest BCUT2D eigenvalue weighted by atomic mass is 35.5. The minimum Gasteiger partial charge on any atom is -0.325 e. The van der Waals surface area contributed by atoms with Gasteiger partial charge in [-0.2, -0.15) is 0 Å². The molecule has 0 aliphatic heterocycles. The van der Waals surface area contributed by atoms with Crippen molar-refractivity contribution >= 4 is 46.6 Å². The summed E-state index contributed by atoms with van der Waals surface area (Å²) in [5, 5.41) is 6.25. The Kier molecular flexibility index (Phi) is 6.70. The van der Waals surface area contributed by atoms with E-state index < -0.39 is 0 Å². The van der Waals surface area contributed by atoms with Crippen molar-refractivity contribution in [2.75, 3.05) is 22.1 Å². The van der Waals surface area contributed by atoms with Crippen LogP contribution in [-0.4, -0.2) is 23.3 Å². The maximum absolute atomic E-state index is 11.9. The highest BCUT2D eigenvalue weighted by molar-refractivity contribution is 8.00. The second kappa shape index (κ2) is 8.76. The lowest BCUT2D eigenvalue weighted by Gasteiger charge is -2.09. The summed E-state index contributed by atoms with van der Waals surface area (Å²) in [7, 11) is 0. The van der Waals surface area contributed by atoms with Gasteiger partial charge in [-0.15, -0.1) is 11.8 Å². The van der Waals surface area contributed by atoms with E-state index >= 15 is 0 Å². The van der Waals surface area contributed by atoms with Crippen molar-refractivity contribution in [3.8, 4) is 0 Å². The molecule has 0 spiro atoms. The van der Waals surface area contributed by atoms with Crippen LogP contribution in [0.3, 0.4) is 0 Å². The Hall–Kier alpha value is -1.98. The first-order chi connectivity index (χ1) is 11.4. The Morgan fingerprint density at radius 2 is 1.58 bits per heavy atom. The van der Waals surface area contributed by atoms with Crippen molar-refractivity contribution in [2.45, 2.75) is 13.8 Å². The van der Waals surface area contributed by atoms with E-state index in [4.69, 9.17) is 11.6 Å². The molecule has 0 bridgehead atoms. The molecule has 0 radical (unpaired) electrons. The number of amides is 2. The molecule has 2 aromatic rings. The second-order valence-corrected chi connectivity index (χ2v) is 6.84. The molecule has 0 unspecified atom stereocenters. The van der Waals surface area contributed by atoms with Crippen molar-refractivity contribution in [1.82, 2.24) is 0 Å². The molecule has 2 N–H and O–H groups in total. The van der Waals surface area contributed by atoms with Crippen molar-refractivity contribution < 1.29 is 9.59 Å². The number of benzene rings is 2. The maximum atomic E-state index is 11.9. The number of halogens is 1. The van der Waals surface area contributed by atoms with E-state index in [-0.39, 0.29) is 23.3 Å². The lowest BCUT2D eigenvalue weighted by Crippen LogP contribution is -2.18. The van der Waals surface area contributed by atoms with Crippen LogP contribution in [0.1, 0.15) is 11.1 Å². The topological polar surface area (TPSA) is 58.2 Å². The Morgan fingerprint density at radius 3 is 2.21 bits per heavy atom. The quantitative estimate of drug-likeness (QED) is 0.806. The van der Waals surface area contributed by atoms with Crippen LogP contribution in [0.2, 0.25) is 5.02 Å². The number of rotatable bonds is 6. The third-order valence-corrected chi connectivity index (χ3v) is 4.43. The summed E-state index contributed by atoms with van der Waals surface area (Å²) in [5.74, 6) is 0.164. The first kappa shape index (κ1) is 18.4. The Morgan fingerprint density at radius 1 is 0.958 bits per heavy atom. The van der Waals surface area contributed by atoms with Crippen LogP contribution in [0.5, 0.6) is 0 Å². The minimum atomic E-state index is -0.145. The molecule has 0 aliphatic rings. The average Bonchev–Trinajstić information content (AvgIpc) is 2.52. The van der Waals surface area contributed by atoms with Gasteiger partial charge >= 0.3 is 0 Å². The normalized spacial score (nSPS) is 10.3. The van der Waals surface area contributed by atoms with Crippen LogP contribution in [-0.2, 0) is 9.59 Å². The zero-order valence-corrected chi connectivity index (χ0v) is 15.1. The molecule has 2 aromatic carbocycles. The summed E-state index contributed by atoms with van der Waals surface area (Å²) in [6.07, 6.45) is 0. The van der Waals surface area contributed by atoms with Gasteiger partial charge in [-0.3, -0.25) is 9.59 Å². The molecular formula is C18H19ClN2O2S. The van der Waals surface area contributed by atoms with Crippen LogP contribution in [0.15, 0.2) is 42.5 Å². The molecule has 0 saturated carbocycles. The molecule has 0 fully saturated rings. The summed E-state index contributed by atoms with van der Waals surface area (Å²) in [6.45, 7) is 3.87. The van der Waals surface area contributed by atoms with Crippen molar-refractivity contribution in [3.63, 3.8) is 0 Å². The molecular weight excluding hydrogens is 344 g/mol. The van der Waals surface area contributed by atoms with Crippen molar-refractivity contribution in [1.29, 1.82) is 0 Å². The summed E-state index contributed by atoms with van der Waals surface area (Å²) in [5.41, 5.74) is 3.52. The minimum absolute atomic E-state index is 0.126. The standard InChI is InChI=1S/C18H19ClN2O2S/c1-12-3-6-15(7-4-12)20-17(22)10-24-11-18(23)21-16-8-5-14(19)9-13(16)2/h3-9H,10-11H2,1-2H3,(H,20,22)(H,21,23). The first-order valence-electron chi connectivity index (χ1n) is 7.44. The molecule has 0 atom stereocenters. The van der Waals surface area contributed by atoms with Crippen LogP contribution in [0.4, 0.5) is 11.4 Å². The van der Waals surface area contributed by atoms with Gasteiger partial charge in [-0.05, 0) is 49.7 Å². The third-order valence-electron chi connectivity index (χ3n) is 3.26. The molecule has 0 saturated heterocycles. The molecule has 0 aliphatic carbocycles. The third kappa shape index (κ3) is 5.91. The van der Waals surface area contributed by atoms with E-state index in [2.05, 4.69) is 10.6 Å². The Bertz CT molecular complexity index is 732. The SMILES string of the molecule is Cc1ccc(NC(=O)CSCC(=O)Nc2ccc(Cl)cc2C)cc1. The van der Waals surface area contributed by atoms with E-state index in [9.17, 15) is 9.59 Å². The van der Waals surface area contributed by atoms with Gasteiger partial charge in [-0.1, -0.05) is 29.3 Å². The molecule has 0 aromatic heterocycles. The Balaban J connectivity index is 1.73. The number of carbonyl (C=O) groups is 2. The fourth-order valence-corrected chi connectivity index (χ4v) is 2.87. The van der Waals surface area contributed by atoms with Crippen LogP contribution in [0, 0.1) is 13.8 Å². The van der Waals surface area contributed by atoms with Gasteiger partial charge in [0, 0.05) is 16.4 Å². The van der Waals surface area contributed by atoms with Gasteiger partial charge in [-0.25, -0.2) is 0 Å². The van der Waals surface area contributed by atoms with E-state index in [1.54, 1.807) is 18.2 Å². The molecule has 4 nitrogen and oxygen atoms in total. The van der Waals surface area contributed by atoms with E-state index in [1.165, 1.54) is 11.8 Å². The van der Waals surface area contributed by atoms with Gasteiger partial charge in [0.2, 0.25) is 11.8 Å². The smallest absolute Gasteiger partial charge is 0.234 e. The van der Waals surface area contributed by atoms with E-state index in [0.717, 1.165) is 22.5 Å². The molecule has 24 heavy (non-hydrogen) atoms. The number of hydrogen-bond donors (Lipinski definition) is 2. The highest BCUT2D eigenvalue weighted by Gasteiger charge is 2.08. The monoisotopic (exact) mass is 362 g/mol. The molecule has 2 amide bonds. The number of hydrogen-bond acceptors (Lipinski definition) is 3. The number of nitrogens with one attached hydrogen (secondary N) is 2. The number of carbonyl (C=O) groups excluding carboxylic acids is 2. The molecule has 0 heterocycles. The van der Waals surface area contributed by atoms with Gasteiger partial charge in [0.1, 0.15) is 0 Å². The van der Waals surface area contributed by atoms with Crippen molar-refractivity contribution in [3.05, 3.63) is 58.6 Å². The van der Waals surface area contributed by atoms with Crippen LogP contribution >= 0.6 is 23.4 Å². The fourth-order valence-electron chi connectivity index (χ4n) is 2.02. The average molecular weight is 363 g/mol. The maximum Gasteiger partial charge on any atom is 0.234 e. The highest BCUT2D eigenvalue weighted by Crippen LogP contribution is 2.19. The zero-order valence-electron chi connectivity index (χ0n) is 13.6. The summed E-state index contributed by atoms with van der Waals surface area (Å²) in [4.78, 5) is 23.8. The predicted molar refractivity (Wildman–Crippen MR) is 102 cm³/mol. The van der Waals surface area contributed by atoms with Gasteiger partial charge in [0.05, 0.1) is 11.5 Å². The first-order valence-corrected chi connectivity index (χ1v) is 8.97. The predicted octanol–water partition coefficient (Wildman–Crippen LogP) is 4.27. The summed E-state index contributed by atoms with van der Waals surface area (Å²) >= 11 is 7.16. The fraction of sp³-hybridized carbons (Fsp3) is 0.222. The largest absolute Gasteiger partial charge is 0.325 e. The zero-order chi connectivity index (χ0) is 17.5. The van der Waals surface area contributed by atoms with E-state index in [0.29, 0.717) is 5.02 Å². The van der Waals surface area contributed by atoms with E-state index in [1.807, 2.05) is 38.1 Å². The second-order valence-electron chi connectivity index (χ2n) is 5.41. The number of anilines is 2.